The molecule has 0 radical (unpaired) electrons. The van der Waals surface area contributed by atoms with Gasteiger partial charge < -0.3 is 20.4 Å². The summed E-state index contributed by atoms with van der Waals surface area (Å²) < 4.78 is 0. The van der Waals surface area contributed by atoms with Crippen LogP contribution in [0.2, 0.25) is 0 Å². The fourth-order valence-electron chi connectivity index (χ4n) is 3.49. The zero-order chi connectivity index (χ0) is 21.5. The van der Waals surface area contributed by atoms with Crippen molar-refractivity contribution in [2.45, 2.75) is 65.2 Å². The van der Waals surface area contributed by atoms with Gasteiger partial charge in [-0.2, -0.15) is 0 Å². The third-order valence-electron chi connectivity index (χ3n) is 5.28. The smallest absolute Gasteiger partial charge is 0.335 e. The third kappa shape index (κ3) is 10.4. The van der Waals surface area contributed by atoms with Crippen LogP contribution in [0.15, 0.2) is 18.2 Å². The Morgan fingerprint density at radius 2 is 1.48 bits per heavy atom. The Labute approximate surface area is 175 Å². The van der Waals surface area contributed by atoms with E-state index in [1.165, 1.54) is 109 Å². The third-order valence-corrected chi connectivity index (χ3v) is 5.28. The molecule has 0 aromatic heterocycles. The SMILES string of the molecule is C1CCNC1.CCCCCCN1CCCC1.Cc1c(C(=O)O)cccc1C(=O)O. The van der Waals surface area contributed by atoms with Crippen LogP contribution in [0.5, 0.6) is 0 Å². The summed E-state index contributed by atoms with van der Waals surface area (Å²) in [6.45, 7) is 10.3. The lowest BCUT2D eigenvalue weighted by molar-refractivity contribution is 0.0696. The van der Waals surface area contributed by atoms with E-state index >= 15 is 0 Å². The van der Waals surface area contributed by atoms with E-state index in [4.69, 9.17) is 10.2 Å². The molecule has 0 amide bonds. The molecular formula is C23H38N2O4. The molecule has 2 aliphatic heterocycles. The van der Waals surface area contributed by atoms with Crippen LogP contribution in [-0.2, 0) is 0 Å². The Hall–Kier alpha value is -1.92. The number of likely N-dealkylation sites (tertiary alicyclic amines) is 1. The summed E-state index contributed by atoms with van der Waals surface area (Å²) in [4.78, 5) is 23.8. The first-order valence-corrected chi connectivity index (χ1v) is 11.0. The van der Waals surface area contributed by atoms with Gasteiger partial charge in [0.15, 0.2) is 0 Å². The van der Waals surface area contributed by atoms with Crippen molar-refractivity contribution >= 4 is 11.9 Å². The van der Waals surface area contributed by atoms with Crippen molar-refractivity contribution in [3.63, 3.8) is 0 Å². The Kier molecular flexibility index (Phi) is 13.0. The average molecular weight is 407 g/mol. The average Bonchev–Trinajstić information content (AvgIpc) is 3.42. The van der Waals surface area contributed by atoms with Crippen LogP contribution >= 0.6 is 0 Å². The van der Waals surface area contributed by atoms with E-state index in [1.807, 2.05) is 0 Å². The Morgan fingerprint density at radius 3 is 1.90 bits per heavy atom. The molecule has 164 valence electrons. The second-order valence-electron chi connectivity index (χ2n) is 7.65. The lowest BCUT2D eigenvalue weighted by atomic mass is 10.0. The monoisotopic (exact) mass is 406 g/mol. The molecule has 2 heterocycles. The second-order valence-corrected chi connectivity index (χ2v) is 7.65. The van der Waals surface area contributed by atoms with Crippen molar-refractivity contribution in [2.75, 3.05) is 32.7 Å². The molecule has 6 nitrogen and oxygen atoms in total. The number of hydrogen-bond donors (Lipinski definition) is 3. The number of aromatic carboxylic acids is 2. The first-order chi connectivity index (χ1) is 14.0. The van der Waals surface area contributed by atoms with Crippen LogP contribution in [0, 0.1) is 6.92 Å². The lowest BCUT2D eigenvalue weighted by Crippen LogP contribution is -2.20. The minimum Gasteiger partial charge on any atom is -0.478 e. The number of unbranched alkanes of at least 4 members (excludes halogenated alkanes) is 3. The first-order valence-electron chi connectivity index (χ1n) is 11.0. The van der Waals surface area contributed by atoms with Gasteiger partial charge in [0.1, 0.15) is 0 Å². The number of nitrogens with one attached hydrogen (secondary N) is 1. The van der Waals surface area contributed by atoms with E-state index < -0.39 is 11.9 Å². The maximum absolute atomic E-state index is 10.6. The highest BCUT2D eigenvalue weighted by atomic mass is 16.4. The van der Waals surface area contributed by atoms with Gasteiger partial charge in [-0.3, -0.25) is 0 Å². The molecule has 3 rings (SSSR count). The van der Waals surface area contributed by atoms with Gasteiger partial charge in [-0.1, -0.05) is 32.3 Å². The molecule has 0 unspecified atom stereocenters. The molecule has 3 N–H and O–H groups in total. The number of benzene rings is 1. The van der Waals surface area contributed by atoms with E-state index in [0.717, 1.165) is 0 Å². The van der Waals surface area contributed by atoms with Crippen molar-refractivity contribution in [3.05, 3.63) is 34.9 Å². The van der Waals surface area contributed by atoms with E-state index in [-0.39, 0.29) is 16.7 Å². The van der Waals surface area contributed by atoms with Gasteiger partial charge >= 0.3 is 11.9 Å². The molecule has 1 aromatic rings. The van der Waals surface area contributed by atoms with Crippen LogP contribution in [-0.4, -0.2) is 59.8 Å². The quantitative estimate of drug-likeness (QED) is 0.581. The first kappa shape index (κ1) is 25.1. The van der Waals surface area contributed by atoms with E-state index in [1.54, 1.807) is 0 Å². The summed E-state index contributed by atoms with van der Waals surface area (Å²) in [6, 6.07) is 4.17. The predicted octanol–water partition coefficient (Wildman–Crippen LogP) is 4.42. The van der Waals surface area contributed by atoms with E-state index in [9.17, 15) is 9.59 Å². The summed E-state index contributed by atoms with van der Waals surface area (Å²) in [5.74, 6) is -2.22. The van der Waals surface area contributed by atoms with Gasteiger partial charge in [-0.15, -0.1) is 0 Å². The Balaban J connectivity index is 0.000000237. The van der Waals surface area contributed by atoms with Crippen LogP contribution in [0.4, 0.5) is 0 Å². The fourth-order valence-corrected chi connectivity index (χ4v) is 3.49. The Bertz CT molecular complexity index is 569. The summed E-state index contributed by atoms with van der Waals surface area (Å²) in [5.41, 5.74) is 0.335. The van der Waals surface area contributed by atoms with Crippen molar-refractivity contribution in [3.8, 4) is 0 Å². The maximum atomic E-state index is 10.6. The zero-order valence-electron chi connectivity index (χ0n) is 18.1. The normalized spacial score (nSPS) is 15.8. The van der Waals surface area contributed by atoms with Gasteiger partial charge in [-0.25, -0.2) is 9.59 Å². The van der Waals surface area contributed by atoms with Crippen molar-refractivity contribution < 1.29 is 19.8 Å². The van der Waals surface area contributed by atoms with Gasteiger partial charge in [-0.05, 0) is 89.4 Å². The molecule has 2 aliphatic rings. The molecule has 0 bridgehead atoms. The summed E-state index contributed by atoms with van der Waals surface area (Å²) in [6.07, 6.45) is 11.3. The van der Waals surface area contributed by atoms with E-state index in [2.05, 4.69) is 17.1 Å². The maximum Gasteiger partial charge on any atom is 0.335 e. The summed E-state index contributed by atoms with van der Waals surface area (Å²) in [5, 5.41) is 20.6. The molecule has 29 heavy (non-hydrogen) atoms. The second kappa shape index (κ2) is 15.0. The number of carboxylic acids is 2. The molecular weight excluding hydrogens is 368 g/mol. The van der Waals surface area contributed by atoms with Crippen molar-refractivity contribution in [2.24, 2.45) is 0 Å². The van der Waals surface area contributed by atoms with Crippen molar-refractivity contribution in [1.29, 1.82) is 0 Å². The molecule has 0 spiro atoms. The highest BCUT2D eigenvalue weighted by Crippen LogP contribution is 2.13. The molecule has 0 aliphatic carbocycles. The number of rotatable bonds is 7. The van der Waals surface area contributed by atoms with Crippen LogP contribution in [0.1, 0.15) is 84.6 Å². The molecule has 2 saturated heterocycles. The minimum atomic E-state index is -1.11. The fraction of sp³-hybridized carbons (Fsp3) is 0.652. The molecule has 0 saturated carbocycles. The van der Waals surface area contributed by atoms with Gasteiger partial charge in [0, 0.05) is 0 Å². The predicted molar refractivity (Wildman–Crippen MR) is 117 cm³/mol. The highest BCUT2D eigenvalue weighted by Gasteiger charge is 2.13. The van der Waals surface area contributed by atoms with Crippen molar-refractivity contribution in [1.82, 2.24) is 10.2 Å². The minimum absolute atomic E-state index is 0.0277. The number of carbonyl (C=O) groups is 2. The van der Waals surface area contributed by atoms with Gasteiger partial charge in [0.25, 0.3) is 0 Å². The molecule has 6 heteroatoms. The van der Waals surface area contributed by atoms with Crippen LogP contribution in [0.25, 0.3) is 0 Å². The number of hydrogen-bond acceptors (Lipinski definition) is 4. The van der Waals surface area contributed by atoms with E-state index in [0.29, 0.717) is 0 Å². The lowest BCUT2D eigenvalue weighted by Gasteiger charge is -2.13. The number of nitrogens with zero attached hydrogens (tertiary/aromatic N) is 1. The Morgan fingerprint density at radius 1 is 0.931 bits per heavy atom. The van der Waals surface area contributed by atoms with Crippen LogP contribution < -0.4 is 5.32 Å². The standard InChI is InChI=1S/C10H21N.C9H8O4.C4H9N/c1-2-3-4-5-8-11-9-6-7-10-11;1-5-6(8(10)11)3-2-4-7(5)9(12)13;1-2-4-5-3-1/h2-10H2,1H3;2-4H,1H3,(H,10,11)(H,12,13);5H,1-4H2. The zero-order valence-corrected chi connectivity index (χ0v) is 18.1. The molecule has 1 aromatic carbocycles. The molecule has 2 fully saturated rings. The highest BCUT2D eigenvalue weighted by molar-refractivity contribution is 5.96. The molecule has 0 atom stereocenters. The summed E-state index contributed by atoms with van der Waals surface area (Å²) >= 11 is 0. The summed E-state index contributed by atoms with van der Waals surface area (Å²) in [7, 11) is 0. The van der Waals surface area contributed by atoms with Gasteiger partial charge in [0.05, 0.1) is 11.1 Å². The number of carboxylic acid groups (broad SMARTS) is 2. The topological polar surface area (TPSA) is 89.9 Å². The van der Waals surface area contributed by atoms with Crippen LogP contribution in [0.3, 0.4) is 0 Å². The van der Waals surface area contributed by atoms with Gasteiger partial charge in [0.2, 0.25) is 0 Å². The largest absolute Gasteiger partial charge is 0.478 e.